The van der Waals surface area contributed by atoms with Crippen molar-refractivity contribution in [1.82, 2.24) is 4.98 Å². The second kappa shape index (κ2) is 6.26. The first-order chi connectivity index (χ1) is 11.0. The third kappa shape index (κ3) is 3.78. The SMILES string of the molecule is CS(=O)(=O)c1ccc(-c2cccc(OCc3ccoc3)n2)cc1. The van der Waals surface area contributed by atoms with Crippen molar-refractivity contribution in [1.29, 1.82) is 0 Å². The summed E-state index contributed by atoms with van der Waals surface area (Å²) in [7, 11) is -3.20. The molecule has 0 fully saturated rings. The molecule has 0 amide bonds. The van der Waals surface area contributed by atoms with Gasteiger partial charge in [0.05, 0.1) is 23.1 Å². The van der Waals surface area contributed by atoms with Crippen LogP contribution in [0, 0.1) is 0 Å². The van der Waals surface area contributed by atoms with Gasteiger partial charge >= 0.3 is 0 Å². The molecular formula is C17H15NO4S. The summed E-state index contributed by atoms with van der Waals surface area (Å²) in [5, 5.41) is 0. The molecule has 0 saturated carbocycles. The minimum atomic E-state index is -3.20. The lowest BCUT2D eigenvalue weighted by Gasteiger charge is -2.07. The summed E-state index contributed by atoms with van der Waals surface area (Å²) in [6.07, 6.45) is 4.39. The summed E-state index contributed by atoms with van der Waals surface area (Å²) in [4.78, 5) is 4.72. The maximum Gasteiger partial charge on any atom is 0.214 e. The molecule has 5 nitrogen and oxygen atoms in total. The number of rotatable bonds is 5. The standard InChI is InChI=1S/C17H15NO4S/c1-23(19,20)15-7-5-14(6-8-15)16-3-2-4-17(18-16)22-12-13-9-10-21-11-13/h2-11H,12H2,1H3. The number of hydrogen-bond acceptors (Lipinski definition) is 5. The zero-order chi connectivity index (χ0) is 16.3. The average molecular weight is 329 g/mol. The summed E-state index contributed by atoms with van der Waals surface area (Å²) in [5.74, 6) is 0.496. The second-order valence-electron chi connectivity index (χ2n) is 5.08. The lowest BCUT2D eigenvalue weighted by molar-refractivity contribution is 0.293. The van der Waals surface area contributed by atoms with Crippen LogP contribution < -0.4 is 4.74 Å². The zero-order valence-electron chi connectivity index (χ0n) is 12.5. The van der Waals surface area contributed by atoms with Crippen molar-refractivity contribution in [2.45, 2.75) is 11.5 Å². The van der Waals surface area contributed by atoms with Crippen LogP contribution in [0.1, 0.15) is 5.56 Å². The number of hydrogen-bond donors (Lipinski definition) is 0. The Kier molecular flexibility index (Phi) is 4.16. The maximum atomic E-state index is 11.5. The summed E-state index contributed by atoms with van der Waals surface area (Å²) < 4.78 is 33.6. The Balaban J connectivity index is 1.79. The van der Waals surface area contributed by atoms with Gasteiger partial charge in [0.2, 0.25) is 5.88 Å². The normalized spacial score (nSPS) is 11.3. The van der Waals surface area contributed by atoms with Crippen molar-refractivity contribution in [3.05, 3.63) is 66.6 Å². The largest absolute Gasteiger partial charge is 0.473 e. The highest BCUT2D eigenvalue weighted by Crippen LogP contribution is 2.22. The first-order valence-corrected chi connectivity index (χ1v) is 8.83. The molecule has 0 atom stereocenters. The monoisotopic (exact) mass is 329 g/mol. The van der Waals surface area contributed by atoms with Crippen molar-refractivity contribution in [2.24, 2.45) is 0 Å². The van der Waals surface area contributed by atoms with Gasteiger partial charge in [0.15, 0.2) is 9.84 Å². The number of pyridine rings is 1. The van der Waals surface area contributed by atoms with Crippen molar-refractivity contribution in [2.75, 3.05) is 6.26 Å². The van der Waals surface area contributed by atoms with Gasteiger partial charge in [-0.2, -0.15) is 0 Å². The smallest absolute Gasteiger partial charge is 0.214 e. The van der Waals surface area contributed by atoms with E-state index in [2.05, 4.69) is 4.98 Å². The molecule has 0 aliphatic heterocycles. The fourth-order valence-corrected chi connectivity index (χ4v) is 2.69. The highest BCUT2D eigenvalue weighted by atomic mass is 32.2. The van der Waals surface area contributed by atoms with Crippen molar-refractivity contribution < 1.29 is 17.6 Å². The van der Waals surface area contributed by atoms with Crippen LogP contribution in [0.25, 0.3) is 11.3 Å². The van der Waals surface area contributed by atoms with Crippen molar-refractivity contribution in [3.63, 3.8) is 0 Å². The predicted molar refractivity (Wildman–Crippen MR) is 85.8 cm³/mol. The van der Waals surface area contributed by atoms with E-state index in [-0.39, 0.29) is 4.90 Å². The van der Waals surface area contributed by atoms with Crippen LogP contribution in [-0.2, 0) is 16.4 Å². The second-order valence-corrected chi connectivity index (χ2v) is 7.09. The number of aromatic nitrogens is 1. The molecule has 0 unspecified atom stereocenters. The third-order valence-corrected chi connectivity index (χ3v) is 4.40. The van der Waals surface area contributed by atoms with Gasteiger partial charge in [0, 0.05) is 23.4 Å². The predicted octanol–water partition coefficient (Wildman–Crippen LogP) is 3.32. The molecule has 0 N–H and O–H groups in total. The first kappa shape index (κ1) is 15.3. The molecule has 0 aliphatic rings. The van der Waals surface area contributed by atoms with Crippen LogP contribution in [0.15, 0.2) is 70.4 Å². The lowest BCUT2D eigenvalue weighted by Crippen LogP contribution is -1.98. The molecule has 118 valence electrons. The summed E-state index contributed by atoms with van der Waals surface area (Å²) in [6.45, 7) is 0.375. The van der Waals surface area contributed by atoms with E-state index in [9.17, 15) is 8.42 Å². The molecule has 2 aromatic heterocycles. The molecule has 0 saturated heterocycles. The molecule has 23 heavy (non-hydrogen) atoms. The molecular weight excluding hydrogens is 314 g/mol. The van der Waals surface area contributed by atoms with Crippen LogP contribution >= 0.6 is 0 Å². The Morgan fingerprint density at radius 2 is 1.87 bits per heavy atom. The highest BCUT2D eigenvalue weighted by Gasteiger charge is 2.08. The Hall–Kier alpha value is -2.60. The van der Waals surface area contributed by atoms with Gasteiger partial charge in [-0.05, 0) is 24.3 Å². The lowest BCUT2D eigenvalue weighted by atomic mass is 10.1. The van der Waals surface area contributed by atoms with Gasteiger partial charge in [-0.3, -0.25) is 0 Å². The summed E-state index contributed by atoms with van der Waals surface area (Å²) in [5.41, 5.74) is 2.47. The molecule has 1 aromatic carbocycles. The number of benzene rings is 1. The highest BCUT2D eigenvalue weighted by molar-refractivity contribution is 7.90. The molecule has 0 bridgehead atoms. The first-order valence-electron chi connectivity index (χ1n) is 6.94. The fraction of sp³-hybridized carbons (Fsp3) is 0.118. The zero-order valence-corrected chi connectivity index (χ0v) is 13.3. The van der Waals surface area contributed by atoms with Gasteiger partial charge in [-0.1, -0.05) is 18.2 Å². The Bertz CT molecular complexity index is 885. The third-order valence-electron chi connectivity index (χ3n) is 3.27. The molecule has 3 rings (SSSR count). The molecule has 6 heteroatoms. The molecule has 0 spiro atoms. The summed E-state index contributed by atoms with van der Waals surface area (Å²) in [6, 6.07) is 13.9. The van der Waals surface area contributed by atoms with Crippen molar-refractivity contribution >= 4 is 9.84 Å². The van der Waals surface area contributed by atoms with Crippen LogP contribution in [0.5, 0.6) is 5.88 Å². The van der Waals surface area contributed by atoms with E-state index in [1.807, 2.05) is 18.2 Å². The van der Waals surface area contributed by atoms with E-state index in [1.165, 1.54) is 6.26 Å². The minimum Gasteiger partial charge on any atom is -0.473 e. The quantitative estimate of drug-likeness (QED) is 0.718. The number of furan rings is 1. The van der Waals surface area contributed by atoms with Gasteiger partial charge in [0.25, 0.3) is 0 Å². The number of ether oxygens (including phenoxy) is 1. The average Bonchev–Trinajstić information content (AvgIpc) is 3.06. The topological polar surface area (TPSA) is 69.4 Å². The van der Waals surface area contributed by atoms with Gasteiger partial charge in [0.1, 0.15) is 6.61 Å². The number of nitrogens with zero attached hydrogens (tertiary/aromatic N) is 1. The van der Waals surface area contributed by atoms with E-state index in [4.69, 9.17) is 9.15 Å². The van der Waals surface area contributed by atoms with Crippen LogP contribution in [0.4, 0.5) is 0 Å². The molecule has 0 radical (unpaired) electrons. The maximum absolute atomic E-state index is 11.5. The minimum absolute atomic E-state index is 0.286. The van der Waals surface area contributed by atoms with Crippen molar-refractivity contribution in [3.8, 4) is 17.1 Å². The van der Waals surface area contributed by atoms with E-state index in [0.717, 1.165) is 16.8 Å². The Morgan fingerprint density at radius 1 is 1.09 bits per heavy atom. The van der Waals surface area contributed by atoms with E-state index < -0.39 is 9.84 Å². The fourth-order valence-electron chi connectivity index (χ4n) is 2.06. The summed E-state index contributed by atoms with van der Waals surface area (Å²) >= 11 is 0. The molecule has 2 heterocycles. The van der Waals surface area contributed by atoms with Gasteiger partial charge in [-0.25, -0.2) is 13.4 Å². The van der Waals surface area contributed by atoms with E-state index in [1.54, 1.807) is 42.9 Å². The van der Waals surface area contributed by atoms with Crippen LogP contribution in [0.2, 0.25) is 0 Å². The van der Waals surface area contributed by atoms with Gasteiger partial charge in [-0.15, -0.1) is 0 Å². The van der Waals surface area contributed by atoms with Crippen LogP contribution in [-0.4, -0.2) is 19.7 Å². The molecule has 3 aromatic rings. The Labute approximate surface area is 134 Å². The van der Waals surface area contributed by atoms with Gasteiger partial charge < -0.3 is 9.15 Å². The van der Waals surface area contributed by atoms with Crippen LogP contribution in [0.3, 0.4) is 0 Å². The van der Waals surface area contributed by atoms with E-state index in [0.29, 0.717) is 12.5 Å². The number of sulfone groups is 1. The molecule has 0 aliphatic carbocycles. The Morgan fingerprint density at radius 3 is 2.52 bits per heavy atom. The van der Waals surface area contributed by atoms with E-state index >= 15 is 0 Å².